The molecule has 0 radical (unpaired) electrons. The van der Waals surface area contributed by atoms with Crippen LogP contribution in [0.15, 0.2) is 18.3 Å². The SMILES string of the molecule is N#CCc1ccc([C@H](N)C2CC2)nc1. The van der Waals surface area contributed by atoms with Gasteiger partial charge < -0.3 is 5.73 Å². The Kier molecular flexibility index (Phi) is 2.47. The summed E-state index contributed by atoms with van der Waals surface area (Å²) in [6.45, 7) is 0. The van der Waals surface area contributed by atoms with Gasteiger partial charge in [-0.3, -0.25) is 4.98 Å². The summed E-state index contributed by atoms with van der Waals surface area (Å²) in [5, 5.41) is 8.49. The number of nitrogens with zero attached hydrogens (tertiary/aromatic N) is 2. The number of hydrogen-bond acceptors (Lipinski definition) is 3. The molecule has 72 valence electrons. The van der Waals surface area contributed by atoms with Crippen molar-refractivity contribution in [3.8, 4) is 6.07 Å². The van der Waals surface area contributed by atoms with E-state index >= 15 is 0 Å². The molecular weight excluding hydrogens is 174 g/mol. The van der Waals surface area contributed by atoms with Crippen molar-refractivity contribution < 1.29 is 0 Å². The van der Waals surface area contributed by atoms with E-state index in [9.17, 15) is 0 Å². The highest BCUT2D eigenvalue weighted by Gasteiger charge is 2.30. The van der Waals surface area contributed by atoms with Gasteiger partial charge in [0.1, 0.15) is 0 Å². The minimum absolute atomic E-state index is 0.0890. The molecule has 1 aromatic heterocycles. The fourth-order valence-corrected chi connectivity index (χ4v) is 1.53. The van der Waals surface area contributed by atoms with E-state index in [0.29, 0.717) is 12.3 Å². The third kappa shape index (κ3) is 1.91. The second-order valence-electron chi connectivity index (χ2n) is 3.79. The molecule has 0 unspecified atom stereocenters. The summed E-state index contributed by atoms with van der Waals surface area (Å²) in [4.78, 5) is 4.28. The maximum atomic E-state index is 8.49. The summed E-state index contributed by atoms with van der Waals surface area (Å²) in [5.41, 5.74) is 7.91. The Balaban J connectivity index is 2.09. The molecule has 1 saturated carbocycles. The summed E-state index contributed by atoms with van der Waals surface area (Å²) < 4.78 is 0. The smallest absolute Gasteiger partial charge is 0.0670 e. The molecule has 0 spiro atoms. The van der Waals surface area contributed by atoms with Crippen LogP contribution in [0.2, 0.25) is 0 Å². The van der Waals surface area contributed by atoms with Crippen molar-refractivity contribution in [1.29, 1.82) is 5.26 Å². The highest BCUT2D eigenvalue weighted by atomic mass is 14.8. The van der Waals surface area contributed by atoms with Crippen LogP contribution in [-0.2, 0) is 6.42 Å². The van der Waals surface area contributed by atoms with Crippen molar-refractivity contribution >= 4 is 0 Å². The molecule has 1 atom stereocenters. The fraction of sp³-hybridized carbons (Fsp3) is 0.455. The molecule has 1 aliphatic rings. The zero-order chi connectivity index (χ0) is 9.97. The van der Waals surface area contributed by atoms with Crippen molar-refractivity contribution in [2.45, 2.75) is 25.3 Å². The van der Waals surface area contributed by atoms with Crippen LogP contribution in [0.3, 0.4) is 0 Å². The number of aromatic nitrogens is 1. The number of hydrogen-bond donors (Lipinski definition) is 1. The predicted molar refractivity (Wildman–Crippen MR) is 53.2 cm³/mol. The van der Waals surface area contributed by atoms with E-state index in [4.69, 9.17) is 11.0 Å². The van der Waals surface area contributed by atoms with Crippen molar-refractivity contribution in [2.75, 3.05) is 0 Å². The van der Waals surface area contributed by atoms with Gasteiger partial charge in [-0.2, -0.15) is 5.26 Å². The van der Waals surface area contributed by atoms with Gasteiger partial charge in [-0.15, -0.1) is 0 Å². The van der Waals surface area contributed by atoms with E-state index in [1.807, 2.05) is 12.1 Å². The van der Waals surface area contributed by atoms with E-state index in [1.54, 1.807) is 6.20 Å². The van der Waals surface area contributed by atoms with Crippen molar-refractivity contribution in [1.82, 2.24) is 4.98 Å². The number of nitriles is 1. The Bertz CT molecular complexity index is 346. The first kappa shape index (κ1) is 9.17. The largest absolute Gasteiger partial charge is 0.322 e. The van der Waals surface area contributed by atoms with Gasteiger partial charge in [-0.25, -0.2) is 0 Å². The highest BCUT2D eigenvalue weighted by molar-refractivity contribution is 5.19. The molecule has 2 N–H and O–H groups in total. The maximum absolute atomic E-state index is 8.49. The highest BCUT2D eigenvalue weighted by Crippen LogP contribution is 2.38. The average molecular weight is 187 g/mol. The van der Waals surface area contributed by atoms with Crippen LogP contribution in [0, 0.1) is 17.2 Å². The fourth-order valence-electron chi connectivity index (χ4n) is 1.53. The lowest BCUT2D eigenvalue weighted by molar-refractivity contribution is 0.614. The summed E-state index contributed by atoms with van der Waals surface area (Å²) in [6.07, 6.45) is 4.62. The van der Waals surface area contributed by atoms with Gasteiger partial charge >= 0.3 is 0 Å². The molecule has 0 saturated heterocycles. The number of rotatable bonds is 3. The monoisotopic (exact) mass is 187 g/mol. The average Bonchev–Trinajstić information content (AvgIpc) is 3.02. The maximum Gasteiger partial charge on any atom is 0.0670 e. The molecular formula is C11H13N3. The quantitative estimate of drug-likeness (QED) is 0.781. The molecule has 1 fully saturated rings. The zero-order valence-electron chi connectivity index (χ0n) is 7.98. The van der Waals surface area contributed by atoms with E-state index in [2.05, 4.69) is 11.1 Å². The van der Waals surface area contributed by atoms with Gasteiger partial charge in [0.15, 0.2) is 0 Å². The lowest BCUT2D eigenvalue weighted by atomic mass is 10.1. The molecule has 0 bridgehead atoms. The van der Waals surface area contributed by atoms with Gasteiger partial charge in [0.05, 0.1) is 18.2 Å². The van der Waals surface area contributed by atoms with Crippen LogP contribution in [-0.4, -0.2) is 4.98 Å². The third-order valence-corrected chi connectivity index (χ3v) is 2.60. The normalized spacial score (nSPS) is 17.4. The minimum atomic E-state index is 0.0890. The molecule has 1 aliphatic carbocycles. The molecule has 1 aromatic rings. The van der Waals surface area contributed by atoms with Gasteiger partial charge in [0.25, 0.3) is 0 Å². The Hall–Kier alpha value is -1.40. The van der Waals surface area contributed by atoms with Crippen molar-refractivity contribution in [2.24, 2.45) is 11.7 Å². The third-order valence-electron chi connectivity index (χ3n) is 2.60. The zero-order valence-corrected chi connectivity index (χ0v) is 7.98. The molecule has 0 amide bonds. The molecule has 3 nitrogen and oxygen atoms in total. The number of nitrogens with two attached hydrogens (primary N) is 1. The van der Waals surface area contributed by atoms with Crippen LogP contribution in [0.4, 0.5) is 0 Å². The van der Waals surface area contributed by atoms with Crippen LogP contribution in [0.5, 0.6) is 0 Å². The molecule has 14 heavy (non-hydrogen) atoms. The second kappa shape index (κ2) is 3.77. The lowest BCUT2D eigenvalue weighted by Crippen LogP contribution is -2.13. The van der Waals surface area contributed by atoms with E-state index < -0.39 is 0 Å². The summed E-state index contributed by atoms with van der Waals surface area (Å²) >= 11 is 0. The van der Waals surface area contributed by atoms with Gasteiger partial charge in [-0.1, -0.05) is 6.07 Å². The summed E-state index contributed by atoms with van der Waals surface area (Å²) in [6, 6.07) is 6.06. The topological polar surface area (TPSA) is 62.7 Å². The van der Waals surface area contributed by atoms with E-state index in [1.165, 1.54) is 12.8 Å². The first-order valence-corrected chi connectivity index (χ1v) is 4.88. The van der Waals surface area contributed by atoms with Gasteiger partial charge in [-0.05, 0) is 30.4 Å². The molecule has 2 rings (SSSR count). The Morgan fingerprint density at radius 3 is 2.86 bits per heavy atom. The van der Waals surface area contributed by atoms with Crippen molar-refractivity contribution in [3.05, 3.63) is 29.6 Å². The van der Waals surface area contributed by atoms with Gasteiger partial charge in [0, 0.05) is 12.2 Å². The minimum Gasteiger partial charge on any atom is -0.322 e. The standard InChI is InChI=1S/C11H13N3/c12-6-5-8-1-4-10(14-7-8)11(13)9-2-3-9/h1,4,7,9,11H,2-3,5,13H2/t11-/m1/s1. The predicted octanol–water partition coefficient (Wildman–Crippen LogP) is 1.56. The first-order valence-electron chi connectivity index (χ1n) is 4.88. The Morgan fingerprint density at radius 1 is 1.57 bits per heavy atom. The molecule has 0 aromatic carbocycles. The molecule has 1 heterocycles. The first-order chi connectivity index (χ1) is 6.81. The van der Waals surface area contributed by atoms with E-state index in [-0.39, 0.29) is 6.04 Å². The van der Waals surface area contributed by atoms with Gasteiger partial charge in [0.2, 0.25) is 0 Å². The van der Waals surface area contributed by atoms with Crippen molar-refractivity contribution in [3.63, 3.8) is 0 Å². The molecule has 3 heteroatoms. The summed E-state index contributed by atoms with van der Waals surface area (Å²) in [7, 11) is 0. The summed E-state index contributed by atoms with van der Waals surface area (Å²) in [5.74, 6) is 0.629. The molecule has 0 aliphatic heterocycles. The van der Waals surface area contributed by atoms with E-state index in [0.717, 1.165) is 11.3 Å². The number of pyridine rings is 1. The Labute approximate surface area is 83.6 Å². The van der Waals surface area contributed by atoms with Crippen LogP contribution < -0.4 is 5.73 Å². The van der Waals surface area contributed by atoms with Crippen LogP contribution >= 0.6 is 0 Å². The Morgan fingerprint density at radius 2 is 2.36 bits per heavy atom. The van der Waals surface area contributed by atoms with Crippen LogP contribution in [0.25, 0.3) is 0 Å². The lowest BCUT2D eigenvalue weighted by Gasteiger charge is -2.09. The second-order valence-corrected chi connectivity index (χ2v) is 3.79. The van der Waals surface area contributed by atoms with Crippen LogP contribution in [0.1, 0.15) is 30.1 Å².